The molecule has 0 amide bonds. The van der Waals surface area contributed by atoms with E-state index in [0.29, 0.717) is 16.7 Å². The lowest BCUT2D eigenvalue weighted by Gasteiger charge is -2.26. The van der Waals surface area contributed by atoms with Crippen LogP contribution in [0.15, 0.2) is 83.2 Å². The second kappa shape index (κ2) is 7.88. The number of nitrogens with zero attached hydrogens (tertiary/aromatic N) is 2. The standard InChI is InChI=1S/C27H26N2O2/c1-17-14-21(28(3)4)12-10-19(17)11-13-22-16-20(15-18(2)29(22)5)25-26(30)23-8-6-7-9-24(23)27(25)31/h6-16H,1-5H3. The summed E-state index contributed by atoms with van der Waals surface area (Å²) in [5, 5.41) is 0. The number of fused-ring (bicyclic) bond motifs is 1. The number of likely N-dealkylation sites (N-methyl/N-ethyl adjacent to an activating group) is 1. The zero-order chi connectivity index (χ0) is 22.3. The van der Waals surface area contributed by atoms with Crippen LogP contribution in [0.4, 0.5) is 5.69 Å². The lowest BCUT2D eigenvalue weighted by molar-refractivity contribution is 0.0988. The first kappa shape index (κ1) is 20.6. The lowest BCUT2D eigenvalue weighted by atomic mass is 9.98. The van der Waals surface area contributed by atoms with Crippen LogP contribution in [-0.4, -0.2) is 37.6 Å². The number of anilines is 1. The molecule has 4 rings (SSSR count). The smallest absolute Gasteiger partial charge is 0.198 e. The fourth-order valence-electron chi connectivity index (χ4n) is 3.94. The normalized spacial score (nSPS) is 16.1. The predicted octanol–water partition coefficient (Wildman–Crippen LogP) is 5.18. The Kier molecular flexibility index (Phi) is 5.24. The van der Waals surface area contributed by atoms with Crippen molar-refractivity contribution in [3.05, 3.63) is 105 Å². The third-order valence-corrected chi connectivity index (χ3v) is 5.95. The molecule has 2 aromatic rings. The first-order valence-electron chi connectivity index (χ1n) is 10.3. The SMILES string of the molecule is CC1=CC(=C2C(=O)c3ccccc3C2=O)C=C(C=Cc2ccc(N(C)C)cc2C)N1C. The molecule has 156 valence electrons. The zero-order valence-electron chi connectivity index (χ0n) is 18.6. The van der Waals surface area contributed by atoms with Gasteiger partial charge in [0.25, 0.3) is 0 Å². The summed E-state index contributed by atoms with van der Waals surface area (Å²) >= 11 is 0. The van der Waals surface area contributed by atoms with E-state index in [1.54, 1.807) is 24.3 Å². The van der Waals surface area contributed by atoms with Crippen molar-refractivity contribution < 1.29 is 9.59 Å². The highest BCUT2D eigenvalue weighted by atomic mass is 16.2. The van der Waals surface area contributed by atoms with Gasteiger partial charge in [0.05, 0.1) is 5.57 Å². The molecule has 4 nitrogen and oxygen atoms in total. The molecule has 2 aliphatic rings. The summed E-state index contributed by atoms with van der Waals surface area (Å²) in [6.07, 6.45) is 7.94. The maximum absolute atomic E-state index is 12.9. The Balaban J connectivity index is 1.73. The fourth-order valence-corrected chi connectivity index (χ4v) is 3.94. The minimum Gasteiger partial charge on any atom is -0.378 e. The molecule has 1 aliphatic carbocycles. The van der Waals surface area contributed by atoms with Crippen molar-refractivity contribution in [3.8, 4) is 0 Å². The Bertz CT molecular complexity index is 1190. The Hall–Kier alpha value is -3.66. The number of allylic oxidation sites excluding steroid dienone is 6. The molecular formula is C27H26N2O2. The summed E-state index contributed by atoms with van der Waals surface area (Å²) in [6.45, 7) is 4.08. The van der Waals surface area contributed by atoms with E-state index in [2.05, 4.69) is 41.0 Å². The van der Waals surface area contributed by atoms with Gasteiger partial charge in [0.2, 0.25) is 0 Å². The molecule has 0 aromatic heterocycles. The molecule has 4 heteroatoms. The lowest BCUT2D eigenvalue weighted by Crippen LogP contribution is -2.19. The molecule has 0 N–H and O–H groups in total. The second-order valence-corrected chi connectivity index (χ2v) is 8.22. The van der Waals surface area contributed by atoms with Gasteiger partial charge in [-0.15, -0.1) is 0 Å². The Morgan fingerprint density at radius 3 is 2.10 bits per heavy atom. The molecule has 1 aliphatic heterocycles. The Morgan fingerprint density at radius 1 is 0.871 bits per heavy atom. The molecule has 31 heavy (non-hydrogen) atoms. The van der Waals surface area contributed by atoms with Gasteiger partial charge in [-0.25, -0.2) is 0 Å². The van der Waals surface area contributed by atoms with Crippen LogP contribution in [0.5, 0.6) is 0 Å². The van der Waals surface area contributed by atoms with Crippen LogP contribution in [0, 0.1) is 6.92 Å². The van der Waals surface area contributed by atoms with Gasteiger partial charge in [-0.05, 0) is 60.9 Å². The Morgan fingerprint density at radius 2 is 1.52 bits per heavy atom. The number of hydrogen-bond acceptors (Lipinski definition) is 4. The van der Waals surface area contributed by atoms with E-state index in [0.717, 1.165) is 22.6 Å². The van der Waals surface area contributed by atoms with Gasteiger partial charge in [0.1, 0.15) is 0 Å². The molecule has 0 atom stereocenters. The third kappa shape index (κ3) is 3.66. The van der Waals surface area contributed by atoms with E-state index in [1.165, 1.54) is 5.56 Å². The average Bonchev–Trinajstić information content (AvgIpc) is 3.00. The molecule has 0 bridgehead atoms. The third-order valence-electron chi connectivity index (χ3n) is 5.95. The topological polar surface area (TPSA) is 40.6 Å². The molecule has 0 fully saturated rings. The number of carbonyl (C=O) groups excluding carboxylic acids is 2. The monoisotopic (exact) mass is 410 g/mol. The van der Waals surface area contributed by atoms with Gasteiger partial charge in [0, 0.05) is 49.4 Å². The number of Topliss-reactive ketones (excluding diaryl/α,β-unsaturated/α-hetero) is 2. The van der Waals surface area contributed by atoms with Crippen LogP contribution >= 0.6 is 0 Å². The predicted molar refractivity (Wildman–Crippen MR) is 126 cm³/mol. The van der Waals surface area contributed by atoms with Gasteiger partial charge in [-0.2, -0.15) is 0 Å². The largest absolute Gasteiger partial charge is 0.378 e. The summed E-state index contributed by atoms with van der Waals surface area (Å²) in [4.78, 5) is 30.0. The first-order chi connectivity index (χ1) is 14.8. The van der Waals surface area contributed by atoms with Gasteiger partial charge in [-0.3, -0.25) is 9.59 Å². The van der Waals surface area contributed by atoms with Gasteiger partial charge in [-0.1, -0.05) is 36.4 Å². The molecule has 0 saturated carbocycles. The fraction of sp³-hybridized carbons (Fsp3) is 0.185. The number of carbonyl (C=O) groups is 2. The summed E-state index contributed by atoms with van der Waals surface area (Å²) in [5.74, 6) is -0.391. The summed E-state index contributed by atoms with van der Waals surface area (Å²) in [5.41, 5.74) is 7.27. The van der Waals surface area contributed by atoms with E-state index in [9.17, 15) is 9.59 Å². The van der Waals surface area contributed by atoms with Crippen LogP contribution in [0.3, 0.4) is 0 Å². The number of benzene rings is 2. The van der Waals surface area contributed by atoms with E-state index in [4.69, 9.17) is 0 Å². The molecule has 2 aromatic carbocycles. The molecule has 0 saturated heterocycles. The maximum Gasteiger partial charge on any atom is 0.198 e. The van der Waals surface area contributed by atoms with Crippen molar-refractivity contribution in [2.24, 2.45) is 0 Å². The van der Waals surface area contributed by atoms with Crippen molar-refractivity contribution >= 4 is 23.3 Å². The van der Waals surface area contributed by atoms with E-state index in [1.807, 2.05) is 46.3 Å². The van der Waals surface area contributed by atoms with Crippen LogP contribution in [0.2, 0.25) is 0 Å². The van der Waals surface area contributed by atoms with E-state index >= 15 is 0 Å². The van der Waals surface area contributed by atoms with Crippen LogP contribution in [0.25, 0.3) is 6.08 Å². The highest BCUT2D eigenvalue weighted by Crippen LogP contribution is 2.33. The molecule has 0 unspecified atom stereocenters. The van der Waals surface area contributed by atoms with Crippen molar-refractivity contribution in [2.75, 3.05) is 26.0 Å². The minimum absolute atomic E-state index is 0.195. The first-order valence-corrected chi connectivity index (χ1v) is 10.3. The van der Waals surface area contributed by atoms with Gasteiger partial charge < -0.3 is 9.80 Å². The molecule has 0 spiro atoms. The van der Waals surface area contributed by atoms with Crippen LogP contribution < -0.4 is 4.90 Å². The second-order valence-electron chi connectivity index (χ2n) is 8.22. The number of aryl methyl sites for hydroxylation is 1. The van der Waals surface area contributed by atoms with Crippen molar-refractivity contribution in [3.63, 3.8) is 0 Å². The number of rotatable bonds is 3. The quantitative estimate of drug-likeness (QED) is 0.516. The van der Waals surface area contributed by atoms with E-state index in [-0.39, 0.29) is 17.1 Å². The molecular weight excluding hydrogens is 384 g/mol. The Labute approximate surface area is 183 Å². The minimum atomic E-state index is -0.195. The van der Waals surface area contributed by atoms with E-state index < -0.39 is 0 Å². The van der Waals surface area contributed by atoms with Gasteiger partial charge >= 0.3 is 0 Å². The van der Waals surface area contributed by atoms with Crippen molar-refractivity contribution in [1.29, 1.82) is 0 Å². The molecule has 1 heterocycles. The number of ketones is 2. The van der Waals surface area contributed by atoms with Crippen LogP contribution in [-0.2, 0) is 0 Å². The zero-order valence-corrected chi connectivity index (χ0v) is 18.6. The van der Waals surface area contributed by atoms with Crippen LogP contribution in [0.1, 0.15) is 38.8 Å². The van der Waals surface area contributed by atoms with Gasteiger partial charge in [0.15, 0.2) is 11.6 Å². The van der Waals surface area contributed by atoms with Crippen molar-refractivity contribution in [1.82, 2.24) is 4.90 Å². The highest BCUT2D eigenvalue weighted by molar-refractivity contribution is 6.40. The average molecular weight is 411 g/mol. The van der Waals surface area contributed by atoms with Crippen molar-refractivity contribution in [2.45, 2.75) is 13.8 Å². The summed E-state index contributed by atoms with van der Waals surface area (Å²) in [7, 11) is 6.04. The summed E-state index contributed by atoms with van der Waals surface area (Å²) in [6, 6.07) is 13.4. The molecule has 0 radical (unpaired) electrons. The maximum atomic E-state index is 12.9. The summed E-state index contributed by atoms with van der Waals surface area (Å²) < 4.78 is 0. The number of hydrogen-bond donors (Lipinski definition) is 0. The highest BCUT2D eigenvalue weighted by Gasteiger charge is 2.35.